The molecular weight excluding hydrogens is 430 g/mol. The summed E-state index contributed by atoms with van der Waals surface area (Å²) in [6.07, 6.45) is 5.79. The Labute approximate surface area is 189 Å². The number of nitrogens with one attached hydrogen (secondary N) is 1. The van der Waals surface area contributed by atoms with E-state index in [2.05, 4.69) is 26.2 Å². The lowest BCUT2D eigenvalue weighted by molar-refractivity contribution is -0.113. The molecule has 1 N–H and O–H groups in total. The zero-order chi connectivity index (χ0) is 21.6. The van der Waals surface area contributed by atoms with Crippen molar-refractivity contribution in [2.24, 2.45) is 0 Å². The maximum atomic E-state index is 12.5. The van der Waals surface area contributed by atoms with Gasteiger partial charge in [0.15, 0.2) is 11.0 Å². The molecule has 0 saturated heterocycles. The van der Waals surface area contributed by atoms with Crippen molar-refractivity contribution >= 4 is 34.0 Å². The topological polar surface area (TPSA) is 92.8 Å². The summed E-state index contributed by atoms with van der Waals surface area (Å²) in [6, 6.07) is 11.9. The molecule has 0 bridgehead atoms. The van der Waals surface area contributed by atoms with Gasteiger partial charge in [0.2, 0.25) is 5.91 Å². The van der Waals surface area contributed by atoms with Crippen LogP contribution in [0.2, 0.25) is 0 Å². The molecule has 0 aliphatic heterocycles. The lowest BCUT2D eigenvalue weighted by Crippen LogP contribution is -2.17. The molecule has 4 rings (SSSR count). The predicted octanol–water partition coefficient (Wildman–Crippen LogP) is 5.12. The van der Waals surface area contributed by atoms with Crippen LogP contribution in [0.4, 0.5) is 5.00 Å². The van der Waals surface area contributed by atoms with Crippen molar-refractivity contribution in [1.82, 2.24) is 14.8 Å². The highest BCUT2D eigenvalue weighted by molar-refractivity contribution is 7.99. The van der Waals surface area contributed by atoms with Crippen molar-refractivity contribution < 1.29 is 9.53 Å². The van der Waals surface area contributed by atoms with Crippen LogP contribution in [0.5, 0.6) is 5.75 Å². The van der Waals surface area contributed by atoms with Crippen molar-refractivity contribution in [3.8, 4) is 23.2 Å². The fourth-order valence-electron chi connectivity index (χ4n) is 3.77. The highest BCUT2D eigenvalue weighted by Crippen LogP contribution is 2.36. The Hall–Kier alpha value is -2.83. The fourth-order valence-corrected chi connectivity index (χ4v) is 5.33. The van der Waals surface area contributed by atoms with Gasteiger partial charge in [-0.1, -0.05) is 31.0 Å². The van der Waals surface area contributed by atoms with Gasteiger partial charge in [-0.2, -0.15) is 5.26 Å². The summed E-state index contributed by atoms with van der Waals surface area (Å²) in [4.78, 5) is 12.5. The minimum absolute atomic E-state index is 0.159. The number of nitrogens with zero attached hydrogens (tertiary/aromatic N) is 4. The molecule has 1 aromatic carbocycles. The predicted molar refractivity (Wildman–Crippen MR) is 123 cm³/mol. The molecule has 0 radical (unpaired) electrons. The van der Waals surface area contributed by atoms with Gasteiger partial charge < -0.3 is 10.1 Å². The van der Waals surface area contributed by atoms with Gasteiger partial charge >= 0.3 is 0 Å². The largest absolute Gasteiger partial charge is 0.497 e. The Morgan fingerprint density at radius 1 is 1.26 bits per heavy atom. The molecule has 2 aromatic heterocycles. The molecule has 9 heteroatoms. The first-order valence-corrected chi connectivity index (χ1v) is 12.1. The molecule has 0 unspecified atom stereocenters. The van der Waals surface area contributed by atoms with E-state index in [-0.39, 0.29) is 11.7 Å². The first-order valence-electron chi connectivity index (χ1n) is 10.2. The second-order valence-electron chi connectivity index (χ2n) is 7.31. The number of hydrogen-bond donors (Lipinski definition) is 1. The van der Waals surface area contributed by atoms with Crippen LogP contribution in [0.1, 0.15) is 43.7 Å². The third kappa shape index (κ3) is 4.92. The van der Waals surface area contributed by atoms with Gasteiger partial charge in [0.05, 0.1) is 18.4 Å². The number of anilines is 1. The molecule has 3 aromatic rings. The fraction of sp³-hybridized carbons (Fsp3) is 0.364. The van der Waals surface area contributed by atoms with Crippen molar-refractivity contribution in [1.29, 1.82) is 5.26 Å². The third-order valence-corrected chi connectivity index (χ3v) is 7.10. The monoisotopic (exact) mass is 453 g/mol. The molecule has 1 aliphatic rings. The number of rotatable bonds is 7. The summed E-state index contributed by atoms with van der Waals surface area (Å²) in [5.74, 6) is 1.66. The quantitative estimate of drug-likeness (QED) is 0.499. The number of hydrogen-bond acceptors (Lipinski definition) is 7. The van der Waals surface area contributed by atoms with E-state index >= 15 is 0 Å². The van der Waals surface area contributed by atoms with Crippen molar-refractivity contribution in [3.05, 3.63) is 41.3 Å². The van der Waals surface area contributed by atoms with Gasteiger partial charge in [-0.05, 0) is 48.6 Å². The van der Waals surface area contributed by atoms with E-state index < -0.39 is 0 Å². The summed E-state index contributed by atoms with van der Waals surface area (Å²) in [5.41, 5.74) is 1.46. The van der Waals surface area contributed by atoms with Crippen LogP contribution in [-0.4, -0.2) is 33.5 Å². The number of thiophene rings is 1. The number of thioether (sulfide) groups is 1. The Morgan fingerprint density at radius 3 is 2.74 bits per heavy atom. The van der Waals surface area contributed by atoms with Crippen molar-refractivity contribution in [2.45, 2.75) is 43.3 Å². The Bertz CT molecular complexity index is 1080. The third-order valence-electron chi connectivity index (χ3n) is 5.32. The summed E-state index contributed by atoms with van der Waals surface area (Å²) < 4.78 is 7.47. The average Bonchev–Trinajstić information content (AvgIpc) is 3.45. The summed E-state index contributed by atoms with van der Waals surface area (Å²) >= 11 is 2.73. The van der Waals surface area contributed by atoms with Crippen LogP contribution in [0.15, 0.2) is 40.9 Å². The van der Waals surface area contributed by atoms with E-state index in [1.807, 2.05) is 24.3 Å². The van der Waals surface area contributed by atoms with Crippen molar-refractivity contribution in [2.75, 3.05) is 18.2 Å². The smallest absolute Gasteiger partial charge is 0.235 e. The molecule has 1 saturated carbocycles. The van der Waals surface area contributed by atoms with E-state index in [1.54, 1.807) is 18.6 Å². The highest BCUT2D eigenvalue weighted by Gasteiger charge is 2.24. The SMILES string of the molecule is COc1ccc(-c2nnc(SCC(=O)Nc3sccc3C#N)n2C2CCCCC2)cc1. The number of benzene rings is 1. The van der Waals surface area contributed by atoms with Crippen LogP contribution >= 0.6 is 23.1 Å². The van der Waals surface area contributed by atoms with E-state index in [1.165, 1.54) is 42.4 Å². The molecule has 31 heavy (non-hydrogen) atoms. The zero-order valence-electron chi connectivity index (χ0n) is 17.2. The maximum absolute atomic E-state index is 12.5. The van der Waals surface area contributed by atoms with Crippen LogP contribution in [0, 0.1) is 11.3 Å². The number of aromatic nitrogens is 3. The second kappa shape index (κ2) is 9.98. The van der Waals surface area contributed by atoms with Crippen LogP contribution in [0.25, 0.3) is 11.4 Å². The minimum Gasteiger partial charge on any atom is -0.497 e. The van der Waals surface area contributed by atoms with E-state index in [0.717, 1.165) is 35.1 Å². The molecule has 2 heterocycles. The summed E-state index contributed by atoms with van der Waals surface area (Å²) in [5, 5.41) is 24.0. The number of carbonyl (C=O) groups is 1. The van der Waals surface area contributed by atoms with Gasteiger partial charge in [-0.15, -0.1) is 21.5 Å². The number of nitriles is 1. The molecule has 0 spiro atoms. The van der Waals surface area contributed by atoms with Gasteiger partial charge in [0, 0.05) is 11.6 Å². The van der Waals surface area contributed by atoms with Gasteiger partial charge in [0.25, 0.3) is 0 Å². The van der Waals surface area contributed by atoms with E-state index in [4.69, 9.17) is 10.00 Å². The zero-order valence-corrected chi connectivity index (χ0v) is 18.8. The average molecular weight is 454 g/mol. The Balaban J connectivity index is 1.54. The van der Waals surface area contributed by atoms with Gasteiger partial charge in [-0.3, -0.25) is 9.36 Å². The van der Waals surface area contributed by atoms with Crippen molar-refractivity contribution in [3.63, 3.8) is 0 Å². The van der Waals surface area contributed by atoms with E-state index in [9.17, 15) is 4.79 Å². The number of carbonyl (C=O) groups excluding carboxylic acids is 1. The van der Waals surface area contributed by atoms with Crippen LogP contribution in [-0.2, 0) is 4.79 Å². The minimum atomic E-state index is -0.159. The first kappa shape index (κ1) is 21.4. The number of ether oxygens (including phenoxy) is 1. The molecule has 0 atom stereocenters. The Morgan fingerprint density at radius 2 is 2.03 bits per heavy atom. The summed E-state index contributed by atoms with van der Waals surface area (Å²) in [6.45, 7) is 0. The van der Waals surface area contributed by atoms with E-state index in [0.29, 0.717) is 16.6 Å². The van der Waals surface area contributed by atoms with Gasteiger partial charge in [-0.25, -0.2) is 0 Å². The molecule has 1 amide bonds. The number of methoxy groups -OCH3 is 1. The second-order valence-corrected chi connectivity index (χ2v) is 9.17. The molecule has 7 nitrogen and oxygen atoms in total. The summed E-state index contributed by atoms with van der Waals surface area (Å²) in [7, 11) is 1.65. The highest BCUT2D eigenvalue weighted by atomic mass is 32.2. The van der Waals surface area contributed by atoms with Gasteiger partial charge in [0.1, 0.15) is 16.8 Å². The lowest BCUT2D eigenvalue weighted by atomic mass is 9.95. The molecule has 1 aliphatic carbocycles. The standard InChI is InChI=1S/C22H23N5O2S2/c1-29-18-9-7-15(8-10-18)20-25-26-22(27(20)17-5-3-2-4-6-17)31-14-19(28)24-21-16(13-23)11-12-30-21/h7-12,17H,2-6,14H2,1H3,(H,24,28). The Kier molecular flexibility index (Phi) is 6.89. The molecule has 1 fully saturated rings. The molecule has 160 valence electrons. The first-order chi connectivity index (χ1) is 15.2. The normalized spacial score (nSPS) is 14.2. The lowest BCUT2D eigenvalue weighted by Gasteiger charge is -2.25. The number of amides is 1. The molecular formula is C22H23N5O2S2. The van der Waals surface area contributed by atoms with Crippen LogP contribution < -0.4 is 10.1 Å². The maximum Gasteiger partial charge on any atom is 0.235 e. The van der Waals surface area contributed by atoms with Crippen LogP contribution in [0.3, 0.4) is 0 Å².